The molecule has 0 radical (unpaired) electrons. The Bertz CT molecular complexity index is 749. The van der Waals surface area contributed by atoms with Gasteiger partial charge in [-0.1, -0.05) is 26.5 Å². The number of aryl methyl sites for hydroxylation is 2. The smallest absolute Gasteiger partial charge is 0.0741 e. The molecule has 0 fully saturated rings. The Morgan fingerprint density at radius 2 is 2.05 bits per heavy atom. The van der Waals surface area contributed by atoms with Gasteiger partial charge in [0.2, 0.25) is 0 Å². The zero-order valence-electron chi connectivity index (χ0n) is 14.0. The van der Waals surface area contributed by atoms with Crippen LogP contribution in [0, 0.1) is 12.8 Å². The van der Waals surface area contributed by atoms with E-state index in [1.54, 1.807) is 0 Å². The Hall–Kier alpha value is -1.96. The third kappa shape index (κ3) is 1.79. The summed E-state index contributed by atoms with van der Waals surface area (Å²) in [5.74, 6) is 0.760. The molecule has 0 spiro atoms. The van der Waals surface area contributed by atoms with Gasteiger partial charge in [-0.15, -0.1) is 0 Å². The Labute approximate surface area is 133 Å². The van der Waals surface area contributed by atoms with Crippen LogP contribution in [0.25, 0.3) is 5.57 Å². The zero-order valence-corrected chi connectivity index (χ0v) is 14.0. The molecule has 0 bridgehead atoms. The van der Waals surface area contributed by atoms with Crippen LogP contribution in [0.4, 0.5) is 11.4 Å². The zero-order chi connectivity index (χ0) is 15.6. The standard InChI is InChI=1S/C20H24N2/c1-12(2)6-7-15-10-13(3)18-16-8-9-21(5)14(4)17(16)11-22-19(15)20(18)22/h8-10,12H,4,6-7,11H2,1-3,5H3. The first kappa shape index (κ1) is 13.7. The molecule has 0 saturated carbocycles. The van der Waals surface area contributed by atoms with Crippen molar-refractivity contribution < 1.29 is 0 Å². The van der Waals surface area contributed by atoms with Gasteiger partial charge in [0.05, 0.1) is 17.9 Å². The molecule has 3 heterocycles. The Morgan fingerprint density at radius 1 is 1.27 bits per heavy atom. The van der Waals surface area contributed by atoms with E-state index in [0.29, 0.717) is 0 Å². The van der Waals surface area contributed by atoms with Crippen molar-refractivity contribution >= 4 is 16.9 Å². The summed E-state index contributed by atoms with van der Waals surface area (Å²) in [7, 11) is 2.08. The van der Waals surface area contributed by atoms with E-state index < -0.39 is 0 Å². The number of hydrogen-bond donors (Lipinski definition) is 0. The van der Waals surface area contributed by atoms with Gasteiger partial charge in [0.15, 0.2) is 0 Å². The Morgan fingerprint density at radius 3 is 2.77 bits per heavy atom. The van der Waals surface area contributed by atoms with E-state index in [9.17, 15) is 0 Å². The van der Waals surface area contributed by atoms with E-state index >= 15 is 0 Å². The minimum absolute atomic E-state index is 0.760. The van der Waals surface area contributed by atoms with Crippen LogP contribution in [0.2, 0.25) is 0 Å². The first-order chi connectivity index (χ1) is 10.5. The number of hydrogen-bond acceptors (Lipinski definition) is 2. The summed E-state index contributed by atoms with van der Waals surface area (Å²) < 4.78 is 0. The lowest BCUT2D eigenvalue weighted by Gasteiger charge is -2.29. The van der Waals surface area contributed by atoms with Crippen LogP contribution in [-0.2, 0) is 6.42 Å². The minimum Gasteiger partial charge on any atom is -0.351 e. The highest BCUT2D eigenvalue weighted by atomic mass is 15.3. The van der Waals surface area contributed by atoms with Crippen molar-refractivity contribution in [2.45, 2.75) is 33.6 Å². The molecule has 1 aromatic rings. The van der Waals surface area contributed by atoms with Gasteiger partial charge in [-0.2, -0.15) is 0 Å². The highest BCUT2D eigenvalue weighted by Crippen LogP contribution is 2.60. The molecule has 4 rings (SSSR count). The molecule has 0 amide bonds. The van der Waals surface area contributed by atoms with E-state index in [0.717, 1.165) is 18.2 Å². The molecule has 3 aliphatic heterocycles. The van der Waals surface area contributed by atoms with E-state index in [-0.39, 0.29) is 0 Å². The number of likely N-dealkylation sites (N-methyl/N-ethyl adjacent to an activating group) is 1. The summed E-state index contributed by atoms with van der Waals surface area (Å²) in [6.07, 6.45) is 6.86. The van der Waals surface area contributed by atoms with E-state index in [1.165, 1.54) is 52.1 Å². The highest BCUT2D eigenvalue weighted by molar-refractivity contribution is 6.09. The SMILES string of the molecule is C=C1C2=C(C=CN1C)c1c(C)cc(CCC(C)C)c3c1N3C2. The molecule has 114 valence electrons. The number of fused-ring (bicyclic) bond motifs is 2. The van der Waals surface area contributed by atoms with Gasteiger partial charge in [-0.3, -0.25) is 0 Å². The fourth-order valence-electron chi connectivity index (χ4n) is 3.81. The number of allylic oxidation sites excluding steroid dienone is 2. The van der Waals surface area contributed by atoms with Crippen molar-refractivity contribution in [3.05, 3.63) is 52.9 Å². The molecule has 2 heteroatoms. The van der Waals surface area contributed by atoms with Crippen LogP contribution in [0.5, 0.6) is 0 Å². The van der Waals surface area contributed by atoms with Crippen LogP contribution in [0.3, 0.4) is 0 Å². The van der Waals surface area contributed by atoms with E-state index in [2.05, 4.69) is 62.5 Å². The van der Waals surface area contributed by atoms with Crippen LogP contribution in [0.15, 0.2) is 36.2 Å². The maximum Gasteiger partial charge on any atom is 0.0741 e. The molecule has 0 aliphatic carbocycles. The van der Waals surface area contributed by atoms with Crippen LogP contribution >= 0.6 is 0 Å². The van der Waals surface area contributed by atoms with Crippen molar-refractivity contribution in [1.82, 2.24) is 4.90 Å². The number of benzene rings is 1. The average Bonchev–Trinajstić information content (AvgIpc) is 3.19. The fourth-order valence-corrected chi connectivity index (χ4v) is 3.81. The van der Waals surface area contributed by atoms with E-state index in [4.69, 9.17) is 0 Å². The third-order valence-corrected chi connectivity index (χ3v) is 5.18. The van der Waals surface area contributed by atoms with Crippen molar-refractivity contribution in [1.29, 1.82) is 0 Å². The topological polar surface area (TPSA) is 6.25 Å². The lowest BCUT2D eigenvalue weighted by Crippen LogP contribution is -2.23. The molecule has 0 atom stereocenters. The van der Waals surface area contributed by atoms with Crippen molar-refractivity contribution in [3.8, 4) is 0 Å². The number of anilines is 2. The van der Waals surface area contributed by atoms with Gasteiger partial charge in [-0.05, 0) is 48.5 Å². The minimum atomic E-state index is 0.760. The maximum atomic E-state index is 4.28. The molecule has 0 N–H and O–H groups in total. The predicted octanol–water partition coefficient (Wildman–Crippen LogP) is 4.78. The molecular formula is C20H24N2. The summed E-state index contributed by atoms with van der Waals surface area (Å²) in [5.41, 5.74) is 11.3. The van der Waals surface area contributed by atoms with Gasteiger partial charge in [0.1, 0.15) is 0 Å². The predicted molar refractivity (Wildman–Crippen MR) is 94.3 cm³/mol. The molecule has 0 aromatic heterocycles. The lowest BCUT2D eigenvalue weighted by molar-refractivity contribution is 0.574. The lowest BCUT2D eigenvalue weighted by atomic mass is 9.89. The highest BCUT2D eigenvalue weighted by Gasteiger charge is 2.42. The normalized spacial score (nSPS) is 18.1. The monoisotopic (exact) mass is 292 g/mol. The largest absolute Gasteiger partial charge is 0.351 e. The maximum absolute atomic E-state index is 4.28. The van der Waals surface area contributed by atoms with Gasteiger partial charge < -0.3 is 9.80 Å². The first-order valence-electron chi connectivity index (χ1n) is 8.27. The second kappa shape index (κ2) is 4.52. The second-order valence-electron chi connectivity index (χ2n) is 7.21. The van der Waals surface area contributed by atoms with Gasteiger partial charge in [-0.25, -0.2) is 0 Å². The summed E-state index contributed by atoms with van der Waals surface area (Å²) in [6, 6.07) is 2.42. The van der Waals surface area contributed by atoms with Gasteiger partial charge >= 0.3 is 0 Å². The second-order valence-corrected chi connectivity index (χ2v) is 7.21. The summed E-state index contributed by atoms with van der Waals surface area (Å²) in [6.45, 7) is 12.1. The van der Waals surface area contributed by atoms with Crippen LogP contribution in [0.1, 0.15) is 37.0 Å². The number of rotatable bonds is 3. The summed E-state index contributed by atoms with van der Waals surface area (Å²) in [4.78, 5) is 4.62. The fraction of sp³-hybridized carbons (Fsp3) is 0.400. The summed E-state index contributed by atoms with van der Waals surface area (Å²) in [5, 5.41) is 0. The quantitative estimate of drug-likeness (QED) is 0.740. The molecule has 3 aliphatic rings. The molecule has 0 unspecified atom stereocenters. The van der Waals surface area contributed by atoms with Crippen molar-refractivity contribution in [3.63, 3.8) is 0 Å². The molecule has 1 aromatic carbocycles. The first-order valence-corrected chi connectivity index (χ1v) is 8.27. The average molecular weight is 292 g/mol. The summed E-state index contributed by atoms with van der Waals surface area (Å²) >= 11 is 0. The number of nitrogens with zero attached hydrogens (tertiary/aromatic N) is 2. The molecule has 2 nitrogen and oxygen atoms in total. The molecule has 22 heavy (non-hydrogen) atoms. The van der Waals surface area contributed by atoms with Gasteiger partial charge in [0, 0.05) is 30.1 Å². The molecular weight excluding hydrogens is 268 g/mol. The molecule has 0 saturated heterocycles. The third-order valence-electron chi connectivity index (χ3n) is 5.18. The van der Waals surface area contributed by atoms with Crippen LogP contribution in [-0.4, -0.2) is 18.5 Å². The van der Waals surface area contributed by atoms with Crippen molar-refractivity contribution in [2.75, 3.05) is 18.5 Å². The van der Waals surface area contributed by atoms with Crippen molar-refractivity contribution in [2.24, 2.45) is 5.92 Å². The van der Waals surface area contributed by atoms with Crippen LogP contribution < -0.4 is 4.90 Å². The van der Waals surface area contributed by atoms with E-state index in [1.807, 2.05) is 0 Å². The Kier molecular flexibility index (Phi) is 2.81. The van der Waals surface area contributed by atoms with Gasteiger partial charge in [0.25, 0.3) is 0 Å². The Balaban J connectivity index is 1.77.